The summed E-state index contributed by atoms with van der Waals surface area (Å²) in [6, 6.07) is 5.52. The molecule has 0 heterocycles. The standard InChI is InChI=1S/C14H17NO5/c1-3-9-4-6-10(7-5-9)13(17)15-11(14(18)19)8-12(16)20-2/h4-7,11H,3,8H2,1-2H3,(H,15,17)(H,18,19)/t11-/m0/s1. The van der Waals surface area contributed by atoms with Crippen LogP contribution >= 0.6 is 0 Å². The number of nitrogens with one attached hydrogen (secondary N) is 1. The smallest absolute Gasteiger partial charge is 0.326 e. The van der Waals surface area contributed by atoms with Gasteiger partial charge in [0.1, 0.15) is 6.04 Å². The molecule has 0 aliphatic rings. The maximum absolute atomic E-state index is 11.9. The van der Waals surface area contributed by atoms with E-state index in [1.54, 1.807) is 24.3 Å². The molecule has 108 valence electrons. The van der Waals surface area contributed by atoms with Crippen LogP contribution in [0.5, 0.6) is 0 Å². The third-order valence-corrected chi connectivity index (χ3v) is 2.83. The van der Waals surface area contributed by atoms with Gasteiger partial charge in [-0.2, -0.15) is 0 Å². The summed E-state index contributed by atoms with van der Waals surface area (Å²) in [4.78, 5) is 34.0. The Morgan fingerprint density at radius 3 is 2.30 bits per heavy atom. The first-order valence-corrected chi connectivity index (χ1v) is 6.17. The highest BCUT2D eigenvalue weighted by atomic mass is 16.5. The molecular weight excluding hydrogens is 262 g/mol. The first-order chi connectivity index (χ1) is 9.47. The van der Waals surface area contributed by atoms with E-state index in [0.29, 0.717) is 5.56 Å². The minimum atomic E-state index is -1.30. The van der Waals surface area contributed by atoms with Crippen molar-refractivity contribution in [2.45, 2.75) is 25.8 Å². The molecule has 0 aromatic heterocycles. The zero-order valence-electron chi connectivity index (χ0n) is 11.4. The Labute approximate surface area is 116 Å². The molecular formula is C14H17NO5. The molecule has 0 fully saturated rings. The largest absolute Gasteiger partial charge is 0.480 e. The summed E-state index contributed by atoms with van der Waals surface area (Å²) in [6.07, 6.45) is 0.437. The van der Waals surface area contributed by atoms with Crippen molar-refractivity contribution in [3.8, 4) is 0 Å². The van der Waals surface area contributed by atoms with E-state index in [2.05, 4.69) is 10.1 Å². The van der Waals surface area contributed by atoms with Crippen molar-refractivity contribution in [3.63, 3.8) is 0 Å². The fourth-order valence-electron chi connectivity index (χ4n) is 1.58. The second-order valence-electron chi connectivity index (χ2n) is 4.20. The van der Waals surface area contributed by atoms with Gasteiger partial charge >= 0.3 is 11.9 Å². The van der Waals surface area contributed by atoms with Crippen molar-refractivity contribution in [2.24, 2.45) is 0 Å². The second-order valence-corrected chi connectivity index (χ2v) is 4.20. The fraction of sp³-hybridized carbons (Fsp3) is 0.357. The summed E-state index contributed by atoms with van der Waals surface area (Å²) < 4.78 is 4.39. The van der Waals surface area contributed by atoms with Crippen LogP contribution in [0.1, 0.15) is 29.3 Å². The molecule has 0 bridgehead atoms. The van der Waals surface area contributed by atoms with E-state index in [0.717, 1.165) is 19.1 Å². The van der Waals surface area contributed by atoms with E-state index in [1.807, 2.05) is 6.92 Å². The molecule has 0 unspecified atom stereocenters. The maximum atomic E-state index is 11.9. The molecule has 6 nitrogen and oxygen atoms in total. The predicted molar refractivity (Wildman–Crippen MR) is 71.3 cm³/mol. The summed E-state index contributed by atoms with van der Waals surface area (Å²) in [7, 11) is 1.16. The Hall–Kier alpha value is -2.37. The van der Waals surface area contributed by atoms with Crippen LogP contribution < -0.4 is 5.32 Å². The minimum absolute atomic E-state index is 0.346. The molecule has 1 rings (SSSR count). The van der Waals surface area contributed by atoms with Crippen molar-refractivity contribution in [1.82, 2.24) is 5.32 Å². The third kappa shape index (κ3) is 4.38. The van der Waals surface area contributed by atoms with Crippen LogP contribution in [0.15, 0.2) is 24.3 Å². The number of benzene rings is 1. The van der Waals surface area contributed by atoms with Crippen molar-refractivity contribution >= 4 is 17.8 Å². The maximum Gasteiger partial charge on any atom is 0.326 e. The number of hydrogen-bond acceptors (Lipinski definition) is 4. The summed E-state index contributed by atoms with van der Waals surface area (Å²) in [5.74, 6) is -2.52. The number of aryl methyl sites for hydroxylation is 1. The average Bonchev–Trinajstić information content (AvgIpc) is 2.46. The lowest BCUT2D eigenvalue weighted by atomic mass is 10.1. The van der Waals surface area contributed by atoms with Gasteiger partial charge in [-0.15, -0.1) is 0 Å². The highest BCUT2D eigenvalue weighted by Gasteiger charge is 2.24. The number of aliphatic carboxylic acids is 1. The Morgan fingerprint density at radius 1 is 1.25 bits per heavy atom. The van der Waals surface area contributed by atoms with Gasteiger partial charge in [0.05, 0.1) is 13.5 Å². The zero-order valence-corrected chi connectivity index (χ0v) is 11.4. The first kappa shape index (κ1) is 15.7. The number of carbonyl (C=O) groups is 3. The number of methoxy groups -OCH3 is 1. The lowest BCUT2D eigenvalue weighted by molar-refractivity contribution is -0.147. The van der Waals surface area contributed by atoms with E-state index in [4.69, 9.17) is 5.11 Å². The van der Waals surface area contributed by atoms with Gasteiger partial charge in [0.15, 0.2) is 0 Å². The predicted octanol–water partition coefficient (Wildman–Crippen LogP) is 0.995. The van der Waals surface area contributed by atoms with Crippen LogP contribution in [0.3, 0.4) is 0 Å². The SMILES string of the molecule is CCc1ccc(C(=O)N[C@@H](CC(=O)OC)C(=O)O)cc1. The number of esters is 1. The van der Waals surface area contributed by atoms with E-state index in [1.165, 1.54) is 0 Å². The van der Waals surface area contributed by atoms with E-state index >= 15 is 0 Å². The lowest BCUT2D eigenvalue weighted by Crippen LogP contribution is -2.42. The molecule has 0 spiro atoms. The number of hydrogen-bond donors (Lipinski definition) is 2. The minimum Gasteiger partial charge on any atom is -0.480 e. The Balaban J connectivity index is 2.74. The zero-order chi connectivity index (χ0) is 15.1. The third-order valence-electron chi connectivity index (χ3n) is 2.83. The molecule has 1 amide bonds. The van der Waals surface area contributed by atoms with Crippen LogP contribution in [-0.2, 0) is 20.7 Å². The van der Waals surface area contributed by atoms with Gasteiger partial charge in [-0.25, -0.2) is 4.79 Å². The second kappa shape index (κ2) is 7.28. The van der Waals surface area contributed by atoms with E-state index in [-0.39, 0.29) is 0 Å². The highest BCUT2D eigenvalue weighted by Crippen LogP contribution is 2.06. The van der Waals surface area contributed by atoms with Gasteiger partial charge in [-0.05, 0) is 24.1 Å². The van der Waals surface area contributed by atoms with Crippen molar-refractivity contribution in [1.29, 1.82) is 0 Å². The lowest BCUT2D eigenvalue weighted by Gasteiger charge is -2.13. The molecule has 0 aliphatic heterocycles. The summed E-state index contributed by atoms with van der Waals surface area (Å²) in [5.41, 5.74) is 1.42. The number of ether oxygens (including phenoxy) is 1. The monoisotopic (exact) mass is 279 g/mol. The van der Waals surface area contributed by atoms with Crippen LogP contribution in [-0.4, -0.2) is 36.1 Å². The van der Waals surface area contributed by atoms with E-state index in [9.17, 15) is 14.4 Å². The summed E-state index contributed by atoms with van der Waals surface area (Å²) in [6.45, 7) is 1.99. The van der Waals surface area contributed by atoms with Gasteiger partial charge in [-0.1, -0.05) is 19.1 Å². The topological polar surface area (TPSA) is 92.7 Å². The number of carboxylic acid groups (broad SMARTS) is 1. The summed E-state index contributed by atoms with van der Waals surface area (Å²) in [5, 5.41) is 11.3. The quantitative estimate of drug-likeness (QED) is 0.758. The van der Waals surface area contributed by atoms with Gasteiger partial charge in [-0.3, -0.25) is 9.59 Å². The molecule has 20 heavy (non-hydrogen) atoms. The molecule has 0 saturated heterocycles. The molecule has 1 atom stereocenters. The van der Waals surface area contributed by atoms with Crippen LogP contribution in [0.4, 0.5) is 0 Å². The summed E-state index contributed by atoms with van der Waals surface area (Å²) >= 11 is 0. The highest BCUT2D eigenvalue weighted by molar-refractivity contribution is 5.97. The Morgan fingerprint density at radius 2 is 1.85 bits per heavy atom. The number of carboxylic acids is 1. The number of carbonyl (C=O) groups excluding carboxylic acids is 2. The molecule has 6 heteroatoms. The number of amides is 1. The Kier molecular flexibility index (Phi) is 5.71. The van der Waals surface area contributed by atoms with Crippen LogP contribution in [0.25, 0.3) is 0 Å². The first-order valence-electron chi connectivity index (χ1n) is 6.17. The normalized spacial score (nSPS) is 11.5. The molecule has 0 radical (unpaired) electrons. The van der Waals surface area contributed by atoms with Gasteiger partial charge in [0.2, 0.25) is 0 Å². The van der Waals surface area contributed by atoms with Crippen LogP contribution in [0, 0.1) is 0 Å². The molecule has 0 aliphatic carbocycles. The Bertz CT molecular complexity index is 495. The van der Waals surface area contributed by atoms with Crippen molar-refractivity contribution in [2.75, 3.05) is 7.11 Å². The van der Waals surface area contributed by atoms with Crippen molar-refractivity contribution < 1.29 is 24.2 Å². The van der Waals surface area contributed by atoms with Crippen molar-refractivity contribution in [3.05, 3.63) is 35.4 Å². The average molecular weight is 279 g/mol. The number of rotatable bonds is 6. The fourth-order valence-corrected chi connectivity index (χ4v) is 1.58. The molecule has 2 N–H and O–H groups in total. The van der Waals surface area contributed by atoms with Gasteiger partial charge in [0.25, 0.3) is 5.91 Å². The molecule has 1 aromatic carbocycles. The van der Waals surface area contributed by atoms with Gasteiger partial charge < -0.3 is 15.2 Å². The van der Waals surface area contributed by atoms with Crippen LogP contribution in [0.2, 0.25) is 0 Å². The molecule has 0 saturated carbocycles. The molecule has 1 aromatic rings. The van der Waals surface area contributed by atoms with E-state index < -0.39 is 30.3 Å². The van der Waals surface area contributed by atoms with Gasteiger partial charge in [0, 0.05) is 5.56 Å².